The van der Waals surface area contributed by atoms with Gasteiger partial charge in [-0.15, -0.1) is 0 Å². The van der Waals surface area contributed by atoms with Gasteiger partial charge in [0.2, 0.25) is 11.8 Å². The standard InChI is InChI=1S/C20H26N4O2/c1-2-24-18-10-6-5-9-16(18)17(22-24)12-21-20(26)14-11-19(25)23(13-14)15-7-3-4-8-15/h5-6,9-10,14-15H,2-4,7-8,11-13H2,1H3,(H,21,26)/t14-/m1/s1. The highest BCUT2D eigenvalue weighted by Gasteiger charge is 2.38. The van der Waals surface area contributed by atoms with E-state index in [1.165, 1.54) is 12.8 Å². The number of hydrogen-bond acceptors (Lipinski definition) is 3. The average Bonchev–Trinajstić information content (AvgIpc) is 3.38. The third-order valence-electron chi connectivity index (χ3n) is 5.76. The highest BCUT2D eigenvalue weighted by Crippen LogP contribution is 2.29. The normalized spacial score (nSPS) is 21.0. The number of likely N-dealkylation sites (tertiary alicyclic amines) is 1. The Hall–Kier alpha value is -2.37. The second-order valence-corrected chi connectivity index (χ2v) is 7.38. The van der Waals surface area contributed by atoms with Crippen LogP contribution in [0.4, 0.5) is 0 Å². The fourth-order valence-corrected chi connectivity index (χ4v) is 4.36. The van der Waals surface area contributed by atoms with Crippen molar-refractivity contribution in [2.75, 3.05) is 6.54 Å². The molecule has 0 spiro atoms. The van der Waals surface area contributed by atoms with Gasteiger partial charge < -0.3 is 10.2 Å². The second-order valence-electron chi connectivity index (χ2n) is 7.38. The van der Waals surface area contributed by atoms with Crippen molar-refractivity contribution in [3.05, 3.63) is 30.0 Å². The first-order valence-electron chi connectivity index (χ1n) is 9.69. The maximum atomic E-state index is 12.6. The number of aryl methyl sites for hydroxylation is 1. The SMILES string of the molecule is CCn1nc(CNC(=O)[C@@H]2CC(=O)N(C3CCCC3)C2)c2ccccc21. The quantitative estimate of drug-likeness (QED) is 0.897. The third kappa shape index (κ3) is 3.08. The highest BCUT2D eigenvalue weighted by atomic mass is 16.2. The summed E-state index contributed by atoms with van der Waals surface area (Å²) in [5.74, 6) is -0.130. The van der Waals surface area contributed by atoms with Crippen molar-refractivity contribution in [1.82, 2.24) is 20.0 Å². The Labute approximate surface area is 153 Å². The Kier molecular flexibility index (Phi) is 4.66. The first kappa shape index (κ1) is 17.1. The number of nitrogens with zero attached hydrogens (tertiary/aromatic N) is 3. The molecule has 1 aromatic heterocycles. The molecule has 1 saturated carbocycles. The minimum atomic E-state index is -0.234. The molecule has 138 valence electrons. The zero-order valence-electron chi connectivity index (χ0n) is 15.3. The van der Waals surface area contributed by atoms with E-state index in [4.69, 9.17) is 0 Å². The van der Waals surface area contributed by atoms with Crippen LogP contribution < -0.4 is 5.32 Å². The van der Waals surface area contributed by atoms with Gasteiger partial charge >= 0.3 is 0 Å². The van der Waals surface area contributed by atoms with Crippen LogP contribution in [0.25, 0.3) is 10.9 Å². The van der Waals surface area contributed by atoms with Crippen LogP contribution in [-0.4, -0.2) is 39.1 Å². The van der Waals surface area contributed by atoms with Gasteiger partial charge in [-0.2, -0.15) is 5.10 Å². The van der Waals surface area contributed by atoms with Crippen LogP contribution in [0.15, 0.2) is 24.3 Å². The number of rotatable bonds is 5. The van der Waals surface area contributed by atoms with Crippen LogP contribution in [0.2, 0.25) is 0 Å². The summed E-state index contributed by atoms with van der Waals surface area (Å²) in [5, 5.41) is 8.71. The predicted molar refractivity (Wildman–Crippen MR) is 99.3 cm³/mol. The lowest BCUT2D eigenvalue weighted by Gasteiger charge is -2.23. The van der Waals surface area contributed by atoms with Gasteiger partial charge in [-0.25, -0.2) is 0 Å². The molecule has 0 bridgehead atoms. The van der Waals surface area contributed by atoms with E-state index in [0.717, 1.165) is 36.0 Å². The molecule has 1 aliphatic carbocycles. The van der Waals surface area contributed by atoms with E-state index >= 15 is 0 Å². The molecule has 2 heterocycles. The minimum absolute atomic E-state index is 0.0334. The number of aromatic nitrogens is 2. The van der Waals surface area contributed by atoms with Gasteiger partial charge in [0.1, 0.15) is 0 Å². The van der Waals surface area contributed by atoms with Gasteiger partial charge in [0, 0.05) is 30.9 Å². The van der Waals surface area contributed by atoms with E-state index in [9.17, 15) is 9.59 Å². The molecule has 1 atom stereocenters. The summed E-state index contributed by atoms with van der Waals surface area (Å²) >= 11 is 0. The zero-order chi connectivity index (χ0) is 18.1. The van der Waals surface area contributed by atoms with Crippen molar-refractivity contribution >= 4 is 22.7 Å². The maximum absolute atomic E-state index is 12.6. The third-order valence-corrected chi connectivity index (χ3v) is 5.76. The number of carbonyl (C=O) groups is 2. The van der Waals surface area contributed by atoms with E-state index < -0.39 is 0 Å². The molecule has 1 aromatic carbocycles. The summed E-state index contributed by atoms with van der Waals surface area (Å²) in [7, 11) is 0. The summed E-state index contributed by atoms with van der Waals surface area (Å²) in [4.78, 5) is 26.9. The molecule has 2 amide bonds. The molecular weight excluding hydrogens is 328 g/mol. The number of nitrogens with one attached hydrogen (secondary N) is 1. The zero-order valence-corrected chi connectivity index (χ0v) is 15.3. The Balaban J connectivity index is 1.41. The predicted octanol–water partition coefficient (Wildman–Crippen LogP) is 2.46. The number of para-hydroxylation sites is 1. The molecule has 6 heteroatoms. The molecular formula is C20H26N4O2. The number of amides is 2. The molecule has 2 aliphatic rings. The van der Waals surface area contributed by atoms with Gasteiger partial charge in [0.25, 0.3) is 0 Å². The summed E-state index contributed by atoms with van der Waals surface area (Å²) in [6.07, 6.45) is 4.89. The van der Waals surface area contributed by atoms with Crippen molar-refractivity contribution in [2.24, 2.45) is 5.92 Å². The molecule has 26 heavy (non-hydrogen) atoms. The Morgan fingerprint density at radius 1 is 1.27 bits per heavy atom. The molecule has 1 saturated heterocycles. The molecule has 2 aromatic rings. The highest BCUT2D eigenvalue weighted by molar-refractivity contribution is 5.89. The van der Waals surface area contributed by atoms with Gasteiger partial charge in [-0.3, -0.25) is 14.3 Å². The minimum Gasteiger partial charge on any atom is -0.350 e. The van der Waals surface area contributed by atoms with Crippen LogP contribution in [0.1, 0.15) is 44.7 Å². The van der Waals surface area contributed by atoms with E-state index in [1.54, 1.807) is 0 Å². The number of hydrogen-bond donors (Lipinski definition) is 1. The molecule has 0 radical (unpaired) electrons. The molecule has 6 nitrogen and oxygen atoms in total. The molecule has 1 aliphatic heterocycles. The van der Waals surface area contributed by atoms with E-state index in [1.807, 2.05) is 33.8 Å². The van der Waals surface area contributed by atoms with Crippen molar-refractivity contribution in [3.8, 4) is 0 Å². The van der Waals surface area contributed by atoms with Crippen LogP contribution in [-0.2, 0) is 22.7 Å². The maximum Gasteiger partial charge on any atom is 0.225 e. The van der Waals surface area contributed by atoms with Gasteiger partial charge in [0.05, 0.1) is 23.7 Å². The number of benzene rings is 1. The van der Waals surface area contributed by atoms with E-state index in [0.29, 0.717) is 25.6 Å². The Morgan fingerprint density at radius 2 is 2.04 bits per heavy atom. The van der Waals surface area contributed by atoms with Gasteiger partial charge in [0.15, 0.2) is 0 Å². The van der Waals surface area contributed by atoms with E-state index in [-0.39, 0.29) is 17.7 Å². The monoisotopic (exact) mass is 354 g/mol. The van der Waals surface area contributed by atoms with Crippen molar-refractivity contribution in [1.29, 1.82) is 0 Å². The summed E-state index contributed by atoms with van der Waals surface area (Å²) in [6, 6.07) is 8.43. The number of carbonyl (C=O) groups excluding carboxylic acids is 2. The van der Waals surface area contributed by atoms with Crippen LogP contribution in [0, 0.1) is 5.92 Å². The molecule has 1 N–H and O–H groups in total. The van der Waals surface area contributed by atoms with Gasteiger partial charge in [-0.05, 0) is 25.8 Å². The fraction of sp³-hybridized carbons (Fsp3) is 0.550. The first-order chi connectivity index (χ1) is 12.7. The molecule has 0 unspecified atom stereocenters. The fourth-order valence-electron chi connectivity index (χ4n) is 4.36. The topological polar surface area (TPSA) is 67.2 Å². The largest absolute Gasteiger partial charge is 0.350 e. The summed E-state index contributed by atoms with van der Waals surface area (Å²) in [5.41, 5.74) is 1.97. The lowest BCUT2D eigenvalue weighted by atomic mass is 10.1. The molecule has 4 rings (SSSR count). The van der Waals surface area contributed by atoms with Crippen molar-refractivity contribution in [2.45, 2.75) is 58.2 Å². The average molecular weight is 354 g/mol. The lowest BCUT2D eigenvalue weighted by Crippen LogP contribution is -2.36. The summed E-state index contributed by atoms with van der Waals surface area (Å²) < 4.78 is 1.96. The van der Waals surface area contributed by atoms with Gasteiger partial charge in [-0.1, -0.05) is 31.0 Å². The van der Waals surface area contributed by atoms with Crippen LogP contribution in [0.3, 0.4) is 0 Å². The molecule has 2 fully saturated rings. The second kappa shape index (κ2) is 7.09. The smallest absolute Gasteiger partial charge is 0.225 e. The van der Waals surface area contributed by atoms with E-state index in [2.05, 4.69) is 17.3 Å². The van der Waals surface area contributed by atoms with Crippen molar-refractivity contribution < 1.29 is 9.59 Å². The number of fused-ring (bicyclic) bond motifs is 1. The first-order valence-corrected chi connectivity index (χ1v) is 9.69. The van der Waals surface area contributed by atoms with Crippen LogP contribution >= 0.6 is 0 Å². The van der Waals surface area contributed by atoms with Crippen LogP contribution in [0.5, 0.6) is 0 Å². The Bertz CT molecular complexity index is 822. The summed E-state index contributed by atoms with van der Waals surface area (Å²) in [6.45, 7) is 3.82. The van der Waals surface area contributed by atoms with Crippen molar-refractivity contribution in [3.63, 3.8) is 0 Å². The lowest BCUT2D eigenvalue weighted by molar-refractivity contribution is -0.130. The Morgan fingerprint density at radius 3 is 2.81 bits per heavy atom.